The molecule has 1 aliphatic rings. The van der Waals surface area contributed by atoms with Crippen molar-refractivity contribution < 1.29 is 9.53 Å². The van der Waals surface area contributed by atoms with Crippen LogP contribution in [0.5, 0.6) is 0 Å². The van der Waals surface area contributed by atoms with Crippen molar-refractivity contribution in [2.45, 2.75) is 65.1 Å². The fourth-order valence-electron chi connectivity index (χ4n) is 3.33. The molecule has 6 nitrogen and oxygen atoms in total. The average Bonchev–Trinajstić information content (AvgIpc) is 2.96. The van der Waals surface area contributed by atoms with Gasteiger partial charge in [-0.25, -0.2) is 4.79 Å². The van der Waals surface area contributed by atoms with Crippen molar-refractivity contribution in [3.63, 3.8) is 0 Å². The summed E-state index contributed by atoms with van der Waals surface area (Å²) >= 11 is 0. The number of likely N-dealkylation sites (N-methyl/N-ethyl adjacent to an activating group) is 1. The second kappa shape index (κ2) is 9.41. The lowest BCUT2D eigenvalue weighted by Gasteiger charge is -2.37. The van der Waals surface area contributed by atoms with Gasteiger partial charge in [-0.3, -0.25) is 4.68 Å². The molecule has 1 amide bonds. The molecule has 1 aliphatic heterocycles. The summed E-state index contributed by atoms with van der Waals surface area (Å²) in [5.74, 6) is 0. The molecule has 0 aliphatic carbocycles. The Morgan fingerprint density at radius 1 is 1.39 bits per heavy atom. The quantitative estimate of drug-likeness (QED) is 0.688. The Labute approximate surface area is 169 Å². The summed E-state index contributed by atoms with van der Waals surface area (Å²) in [6.45, 7) is 14.5. The first-order valence-electron chi connectivity index (χ1n) is 10.1. The maximum atomic E-state index is 12.6. The van der Waals surface area contributed by atoms with Crippen LogP contribution in [0.4, 0.5) is 4.79 Å². The number of aryl methyl sites for hydroxylation is 1. The third kappa shape index (κ3) is 6.23. The minimum atomic E-state index is -0.494. The van der Waals surface area contributed by atoms with Crippen LogP contribution >= 0.6 is 0 Å². The number of carbonyl (C=O) groups is 1. The molecule has 0 spiro atoms. The fraction of sp³-hybridized carbons (Fsp3) is 0.636. The van der Waals surface area contributed by atoms with Crippen LogP contribution in [0, 0.1) is 6.92 Å². The molecule has 1 fully saturated rings. The van der Waals surface area contributed by atoms with Crippen LogP contribution in [0.1, 0.15) is 51.3 Å². The number of hydrogen-bond donors (Lipinski definition) is 0. The summed E-state index contributed by atoms with van der Waals surface area (Å²) < 4.78 is 7.62. The molecule has 0 saturated carbocycles. The Balaban J connectivity index is 2.12. The van der Waals surface area contributed by atoms with Gasteiger partial charge in [-0.15, -0.1) is 0 Å². The van der Waals surface area contributed by atoms with Crippen molar-refractivity contribution in [1.29, 1.82) is 0 Å². The van der Waals surface area contributed by atoms with Gasteiger partial charge in [0.2, 0.25) is 0 Å². The Morgan fingerprint density at radius 3 is 2.75 bits per heavy atom. The summed E-state index contributed by atoms with van der Waals surface area (Å²) in [5.41, 5.74) is 2.66. The van der Waals surface area contributed by atoms with Crippen LogP contribution in [-0.4, -0.2) is 64.5 Å². The molecule has 156 valence electrons. The van der Waals surface area contributed by atoms with Gasteiger partial charge in [-0.05, 0) is 78.3 Å². The molecule has 6 heteroatoms. The van der Waals surface area contributed by atoms with Crippen LogP contribution < -0.4 is 0 Å². The third-order valence-electron chi connectivity index (χ3n) is 4.85. The van der Waals surface area contributed by atoms with E-state index in [9.17, 15) is 4.79 Å². The number of hydrogen-bond acceptors (Lipinski definition) is 4. The van der Waals surface area contributed by atoms with Crippen LogP contribution in [-0.2, 0) is 11.3 Å². The first kappa shape index (κ1) is 22.2. The number of amides is 1. The van der Waals surface area contributed by atoms with Crippen molar-refractivity contribution in [1.82, 2.24) is 19.6 Å². The first-order chi connectivity index (χ1) is 13.1. The van der Waals surface area contributed by atoms with E-state index in [1.165, 1.54) is 0 Å². The van der Waals surface area contributed by atoms with E-state index in [0.29, 0.717) is 6.54 Å². The van der Waals surface area contributed by atoms with E-state index in [4.69, 9.17) is 4.74 Å². The monoisotopic (exact) mass is 388 g/mol. The van der Waals surface area contributed by atoms with Gasteiger partial charge in [-0.1, -0.05) is 12.7 Å². The largest absolute Gasteiger partial charge is 0.444 e. The molecule has 2 heterocycles. The van der Waals surface area contributed by atoms with Crippen LogP contribution in [0.25, 0.3) is 6.08 Å². The van der Waals surface area contributed by atoms with E-state index >= 15 is 0 Å². The van der Waals surface area contributed by atoms with E-state index in [-0.39, 0.29) is 12.1 Å². The fourth-order valence-corrected chi connectivity index (χ4v) is 3.33. The lowest BCUT2D eigenvalue weighted by molar-refractivity contribution is 0.0142. The molecule has 1 aromatic heterocycles. The lowest BCUT2D eigenvalue weighted by atomic mass is 9.96. The standard InChI is InChI=1S/C22H36N4O2/c1-17(11-12-20-18(2)16-23-26(20)15-14-24(6)7)19-10-8-9-13-25(19)21(27)28-22(3,4)5/h11-12,16,19H,1,8-10,13-15H2,2-7H3/b12-11-/t19-/m0/s1. The Kier molecular flexibility index (Phi) is 7.47. The number of likely N-dealkylation sites (tertiary alicyclic amines) is 1. The highest BCUT2D eigenvalue weighted by Gasteiger charge is 2.31. The molecular weight excluding hydrogens is 352 g/mol. The third-order valence-corrected chi connectivity index (χ3v) is 4.85. The van der Waals surface area contributed by atoms with Gasteiger partial charge >= 0.3 is 6.09 Å². The SMILES string of the molecule is C=C(/C=C\c1c(C)cnn1CCN(C)C)[C@@H]1CCCCN1C(=O)OC(C)(C)C. The zero-order valence-corrected chi connectivity index (χ0v) is 18.4. The molecule has 0 aromatic carbocycles. The van der Waals surface area contributed by atoms with Gasteiger partial charge in [-0.2, -0.15) is 5.10 Å². The smallest absolute Gasteiger partial charge is 0.410 e. The maximum absolute atomic E-state index is 12.6. The molecule has 0 radical (unpaired) electrons. The number of nitrogens with zero attached hydrogens (tertiary/aromatic N) is 4. The number of aromatic nitrogens is 2. The van der Waals surface area contributed by atoms with Gasteiger partial charge in [0.1, 0.15) is 5.60 Å². The molecule has 0 unspecified atom stereocenters. The molecule has 0 N–H and O–H groups in total. The van der Waals surface area contributed by atoms with Gasteiger partial charge in [0.25, 0.3) is 0 Å². The topological polar surface area (TPSA) is 50.6 Å². The van der Waals surface area contributed by atoms with Crippen molar-refractivity contribution in [2.75, 3.05) is 27.2 Å². The van der Waals surface area contributed by atoms with Crippen LogP contribution in [0.3, 0.4) is 0 Å². The second-order valence-corrected chi connectivity index (χ2v) is 8.83. The molecule has 0 bridgehead atoms. The van der Waals surface area contributed by atoms with Gasteiger partial charge in [0.15, 0.2) is 0 Å². The molecule has 1 aromatic rings. The van der Waals surface area contributed by atoms with E-state index in [1.807, 2.05) is 42.6 Å². The highest BCUT2D eigenvalue weighted by molar-refractivity contribution is 5.69. The van der Waals surface area contributed by atoms with Crippen molar-refractivity contribution in [3.8, 4) is 0 Å². The van der Waals surface area contributed by atoms with Crippen molar-refractivity contribution in [3.05, 3.63) is 35.7 Å². The summed E-state index contributed by atoms with van der Waals surface area (Å²) in [5, 5.41) is 4.49. The number of piperidine rings is 1. The van der Waals surface area contributed by atoms with Crippen molar-refractivity contribution >= 4 is 12.2 Å². The van der Waals surface area contributed by atoms with Gasteiger partial charge < -0.3 is 14.5 Å². The highest BCUT2D eigenvalue weighted by Crippen LogP contribution is 2.26. The lowest BCUT2D eigenvalue weighted by Crippen LogP contribution is -2.46. The summed E-state index contributed by atoms with van der Waals surface area (Å²) in [4.78, 5) is 16.6. The molecular formula is C22H36N4O2. The Morgan fingerprint density at radius 2 is 2.11 bits per heavy atom. The predicted octanol–water partition coefficient (Wildman–Crippen LogP) is 4.11. The predicted molar refractivity (Wildman–Crippen MR) is 114 cm³/mol. The van der Waals surface area contributed by atoms with Gasteiger partial charge in [0, 0.05) is 13.1 Å². The van der Waals surface area contributed by atoms with E-state index < -0.39 is 5.60 Å². The molecule has 1 saturated heterocycles. The molecule has 2 rings (SSSR count). The van der Waals surface area contributed by atoms with Crippen LogP contribution in [0.2, 0.25) is 0 Å². The zero-order chi connectivity index (χ0) is 20.9. The minimum absolute atomic E-state index is 0.0155. The normalized spacial score (nSPS) is 18.1. The van der Waals surface area contributed by atoms with E-state index in [2.05, 4.69) is 43.7 Å². The zero-order valence-electron chi connectivity index (χ0n) is 18.4. The number of rotatable bonds is 6. The first-order valence-corrected chi connectivity index (χ1v) is 10.1. The van der Waals surface area contributed by atoms with Crippen molar-refractivity contribution in [2.24, 2.45) is 0 Å². The summed E-state index contributed by atoms with van der Waals surface area (Å²) in [7, 11) is 4.12. The van der Waals surface area contributed by atoms with Gasteiger partial charge in [0.05, 0.1) is 24.5 Å². The Hall–Kier alpha value is -2.08. The molecule has 28 heavy (non-hydrogen) atoms. The highest BCUT2D eigenvalue weighted by atomic mass is 16.6. The average molecular weight is 389 g/mol. The minimum Gasteiger partial charge on any atom is -0.444 e. The summed E-state index contributed by atoms with van der Waals surface area (Å²) in [6, 6.07) is -0.0155. The maximum Gasteiger partial charge on any atom is 0.410 e. The summed E-state index contributed by atoms with van der Waals surface area (Å²) in [6.07, 6.45) is 8.76. The van der Waals surface area contributed by atoms with Crippen LogP contribution in [0.15, 0.2) is 24.4 Å². The second-order valence-electron chi connectivity index (χ2n) is 8.83. The van der Waals surface area contributed by atoms with E-state index in [0.717, 1.165) is 49.2 Å². The number of ether oxygens (including phenoxy) is 1. The molecule has 1 atom stereocenters. The number of carbonyl (C=O) groups excluding carboxylic acids is 1. The Bertz CT molecular complexity index is 713. The van der Waals surface area contributed by atoms with E-state index in [1.54, 1.807) is 0 Å².